The summed E-state index contributed by atoms with van der Waals surface area (Å²) in [4.78, 5) is 39.0. The van der Waals surface area contributed by atoms with E-state index in [0.717, 1.165) is 11.1 Å². The lowest BCUT2D eigenvalue weighted by molar-refractivity contribution is 0.0827. The van der Waals surface area contributed by atoms with Crippen LogP contribution in [0.4, 0.5) is 9.93 Å². The van der Waals surface area contributed by atoms with Crippen LogP contribution in [0.1, 0.15) is 10.4 Å². The molecule has 3 aromatic heterocycles. The van der Waals surface area contributed by atoms with E-state index < -0.39 is 0 Å². The molecule has 0 unspecified atom stereocenters. The predicted octanol–water partition coefficient (Wildman–Crippen LogP) is 2.76. The van der Waals surface area contributed by atoms with E-state index in [1.165, 1.54) is 22.4 Å². The first-order valence-corrected chi connectivity index (χ1v) is 8.89. The van der Waals surface area contributed by atoms with Crippen molar-refractivity contribution in [1.82, 2.24) is 25.2 Å². The van der Waals surface area contributed by atoms with Crippen molar-refractivity contribution in [2.75, 3.05) is 26.0 Å². The quantitative estimate of drug-likeness (QED) is 0.661. The van der Waals surface area contributed by atoms with Crippen molar-refractivity contribution < 1.29 is 9.59 Å². The summed E-state index contributed by atoms with van der Waals surface area (Å²) in [6, 6.07) is 3.27. The maximum absolute atomic E-state index is 12.1. The summed E-state index contributed by atoms with van der Waals surface area (Å²) in [5, 5.41) is 5.74. The third-order valence-electron chi connectivity index (χ3n) is 3.60. The van der Waals surface area contributed by atoms with Gasteiger partial charge >= 0.3 is 6.03 Å². The van der Waals surface area contributed by atoms with Crippen LogP contribution in [0.2, 0.25) is 0 Å². The lowest BCUT2D eigenvalue weighted by atomic mass is 10.1. The average Bonchev–Trinajstić information content (AvgIpc) is 3.07. The molecule has 3 rings (SSSR count). The summed E-state index contributed by atoms with van der Waals surface area (Å²) in [5.74, 6) is -0.121. The molecular formula is C18H18N6O2S. The molecule has 0 saturated heterocycles. The number of fused-ring (bicyclic) bond motifs is 1. The zero-order valence-electron chi connectivity index (χ0n) is 14.9. The number of carbonyl (C=O) groups excluding carboxylic acids is 2. The fourth-order valence-corrected chi connectivity index (χ4v) is 3.10. The van der Waals surface area contributed by atoms with Crippen LogP contribution < -0.4 is 10.6 Å². The third-order valence-corrected chi connectivity index (χ3v) is 4.49. The monoisotopic (exact) mass is 382 g/mol. The number of nitrogens with zero attached hydrogens (tertiary/aromatic N) is 4. The Morgan fingerprint density at radius 2 is 2.00 bits per heavy atom. The number of urea groups is 1. The number of hydrogen-bond acceptors (Lipinski definition) is 6. The van der Waals surface area contributed by atoms with Gasteiger partial charge in [-0.25, -0.2) is 14.8 Å². The summed E-state index contributed by atoms with van der Waals surface area (Å²) < 4.78 is 0. The molecule has 0 radical (unpaired) electrons. The lowest BCUT2D eigenvalue weighted by Gasteiger charge is -2.10. The summed E-state index contributed by atoms with van der Waals surface area (Å²) in [6.45, 7) is 3.91. The molecule has 0 aliphatic carbocycles. The molecule has 27 heavy (non-hydrogen) atoms. The number of carbonyl (C=O) groups is 2. The van der Waals surface area contributed by atoms with Gasteiger partial charge in [-0.2, -0.15) is 0 Å². The van der Waals surface area contributed by atoms with E-state index in [4.69, 9.17) is 0 Å². The highest BCUT2D eigenvalue weighted by molar-refractivity contribution is 7.21. The van der Waals surface area contributed by atoms with Crippen LogP contribution in [0.5, 0.6) is 0 Å². The second-order valence-corrected chi connectivity index (χ2v) is 6.83. The normalized spacial score (nSPS) is 10.4. The lowest BCUT2D eigenvalue weighted by Crippen LogP contribution is -2.28. The molecule has 9 heteroatoms. The highest BCUT2D eigenvalue weighted by atomic mass is 32.1. The Morgan fingerprint density at radius 3 is 2.74 bits per heavy atom. The molecule has 2 N–H and O–H groups in total. The van der Waals surface area contributed by atoms with Gasteiger partial charge in [-0.3, -0.25) is 15.1 Å². The van der Waals surface area contributed by atoms with Crippen molar-refractivity contribution in [3.05, 3.63) is 48.9 Å². The number of anilines is 1. The molecule has 0 saturated carbocycles. The van der Waals surface area contributed by atoms with Crippen LogP contribution in [0.25, 0.3) is 21.5 Å². The number of rotatable bonds is 5. The SMILES string of the molecule is C=CCNC(=O)Nc1nc2cc(-c3cncc(C(=O)N(C)C)c3)cnc2s1. The zero-order valence-corrected chi connectivity index (χ0v) is 15.7. The number of thiazole rings is 1. The van der Waals surface area contributed by atoms with Crippen LogP contribution in [0.15, 0.2) is 43.4 Å². The Morgan fingerprint density at radius 1 is 1.22 bits per heavy atom. The van der Waals surface area contributed by atoms with Gasteiger partial charge < -0.3 is 10.2 Å². The summed E-state index contributed by atoms with van der Waals surface area (Å²) >= 11 is 1.28. The van der Waals surface area contributed by atoms with Crippen molar-refractivity contribution in [3.63, 3.8) is 0 Å². The first kappa shape index (κ1) is 18.5. The molecule has 3 aromatic rings. The van der Waals surface area contributed by atoms with E-state index in [1.807, 2.05) is 6.07 Å². The third kappa shape index (κ3) is 4.26. The van der Waals surface area contributed by atoms with Crippen molar-refractivity contribution in [2.24, 2.45) is 0 Å². The predicted molar refractivity (Wildman–Crippen MR) is 106 cm³/mol. The van der Waals surface area contributed by atoms with Crippen molar-refractivity contribution >= 4 is 38.8 Å². The Kier molecular flexibility index (Phi) is 5.41. The average molecular weight is 382 g/mol. The number of pyridine rings is 2. The van der Waals surface area contributed by atoms with E-state index in [2.05, 4.69) is 32.2 Å². The second kappa shape index (κ2) is 7.92. The van der Waals surface area contributed by atoms with Gasteiger partial charge in [0.25, 0.3) is 5.91 Å². The topological polar surface area (TPSA) is 100 Å². The van der Waals surface area contributed by atoms with E-state index in [-0.39, 0.29) is 11.9 Å². The highest BCUT2D eigenvalue weighted by Crippen LogP contribution is 2.28. The Hall–Kier alpha value is -3.33. The molecule has 3 amide bonds. The fourth-order valence-electron chi connectivity index (χ4n) is 2.31. The van der Waals surface area contributed by atoms with E-state index in [0.29, 0.717) is 27.6 Å². The molecule has 0 aromatic carbocycles. The minimum absolute atomic E-state index is 0.121. The Labute approximate surface area is 160 Å². The fraction of sp³-hybridized carbons (Fsp3) is 0.167. The van der Waals surface area contributed by atoms with Gasteiger partial charge in [-0.05, 0) is 12.1 Å². The Balaban J connectivity index is 1.86. The first-order valence-electron chi connectivity index (χ1n) is 8.07. The molecule has 8 nitrogen and oxygen atoms in total. The van der Waals surface area contributed by atoms with Gasteiger partial charge in [0.1, 0.15) is 10.3 Å². The van der Waals surface area contributed by atoms with Gasteiger partial charge in [0.2, 0.25) is 0 Å². The van der Waals surface area contributed by atoms with Gasteiger partial charge in [0.05, 0.1) is 5.56 Å². The molecule has 3 heterocycles. The summed E-state index contributed by atoms with van der Waals surface area (Å²) in [7, 11) is 3.38. The second-order valence-electron chi connectivity index (χ2n) is 5.85. The largest absolute Gasteiger partial charge is 0.345 e. The summed E-state index contributed by atoms with van der Waals surface area (Å²) in [5.41, 5.74) is 2.71. The van der Waals surface area contributed by atoms with Crippen molar-refractivity contribution in [2.45, 2.75) is 0 Å². The van der Waals surface area contributed by atoms with Crippen molar-refractivity contribution in [3.8, 4) is 11.1 Å². The smallest absolute Gasteiger partial charge is 0.321 e. The minimum atomic E-state index is -0.353. The van der Waals surface area contributed by atoms with Crippen LogP contribution in [0, 0.1) is 0 Å². The standard InChI is InChI=1S/C18H18N6O2S/c1-4-5-20-17(26)23-18-22-14-7-12(10-21-15(14)27-18)11-6-13(9-19-8-11)16(25)24(2)3/h4,6-10H,1,5H2,2-3H3,(H2,20,22,23,26). The number of nitrogens with one attached hydrogen (secondary N) is 2. The molecule has 0 aliphatic rings. The van der Waals surface area contributed by atoms with Gasteiger partial charge in [0.15, 0.2) is 5.13 Å². The molecule has 0 fully saturated rings. The van der Waals surface area contributed by atoms with E-state index in [9.17, 15) is 9.59 Å². The molecule has 0 atom stereocenters. The van der Waals surface area contributed by atoms with Crippen LogP contribution in [-0.2, 0) is 0 Å². The number of aromatic nitrogens is 3. The molecule has 0 bridgehead atoms. The van der Waals surface area contributed by atoms with Gasteiger partial charge in [0, 0.05) is 50.4 Å². The first-order chi connectivity index (χ1) is 13.0. The highest BCUT2D eigenvalue weighted by Gasteiger charge is 2.12. The van der Waals surface area contributed by atoms with Crippen LogP contribution in [0.3, 0.4) is 0 Å². The number of hydrogen-bond donors (Lipinski definition) is 2. The van der Waals surface area contributed by atoms with Gasteiger partial charge in [-0.15, -0.1) is 6.58 Å². The van der Waals surface area contributed by atoms with E-state index in [1.54, 1.807) is 38.6 Å². The minimum Gasteiger partial charge on any atom is -0.345 e. The van der Waals surface area contributed by atoms with Crippen molar-refractivity contribution in [1.29, 1.82) is 0 Å². The van der Waals surface area contributed by atoms with E-state index >= 15 is 0 Å². The number of amides is 3. The zero-order chi connectivity index (χ0) is 19.4. The van der Waals surface area contributed by atoms with Crippen LogP contribution in [-0.4, -0.2) is 52.4 Å². The molecule has 0 spiro atoms. The maximum atomic E-state index is 12.1. The Bertz CT molecular complexity index is 1010. The maximum Gasteiger partial charge on any atom is 0.321 e. The van der Waals surface area contributed by atoms with Crippen LogP contribution >= 0.6 is 11.3 Å². The molecular weight excluding hydrogens is 364 g/mol. The summed E-state index contributed by atoms with van der Waals surface area (Å²) in [6.07, 6.45) is 6.49. The molecule has 0 aliphatic heterocycles. The van der Waals surface area contributed by atoms with Gasteiger partial charge in [-0.1, -0.05) is 17.4 Å². The molecule has 138 valence electrons.